The van der Waals surface area contributed by atoms with Crippen LogP contribution in [-0.4, -0.2) is 11.4 Å². The van der Waals surface area contributed by atoms with Crippen molar-refractivity contribution in [1.82, 2.24) is 0 Å². The predicted molar refractivity (Wildman–Crippen MR) is 71.6 cm³/mol. The van der Waals surface area contributed by atoms with E-state index < -0.39 is 0 Å². The van der Waals surface area contributed by atoms with E-state index in [1.165, 1.54) is 36.8 Å². The van der Waals surface area contributed by atoms with E-state index in [1.807, 2.05) is 0 Å². The Balaban J connectivity index is 2.14. The molecule has 1 aromatic carbocycles. The number of hydrogen-bond donors (Lipinski definition) is 0. The highest BCUT2D eigenvalue weighted by Crippen LogP contribution is 2.30. The van der Waals surface area contributed by atoms with Crippen LogP contribution in [0.25, 0.3) is 0 Å². The van der Waals surface area contributed by atoms with Gasteiger partial charge in [0.15, 0.2) is 0 Å². The lowest BCUT2D eigenvalue weighted by Gasteiger charge is -2.22. The SMILES string of the molecule is CC(CCBr)Oc1cccc2c1CCCC2. The molecule has 0 bridgehead atoms. The van der Waals surface area contributed by atoms with Crippen LogP contribution in [0.1, 0.15) is 37.3 Å². The number of hydrogen-bond acceptors (Lipinski definition) is 1. The first-order valence-corrected chi connectivity index (χ1v) is 7.27. The van der Waals surface area contributed by atoms with Crippen molar-refractivity contribution in [3.8, 4) is 5.75 Å². The van der Waals surface area contributed by atoms with E-state index in [2.05, 4.69) is 41.1 Å². The van der Waals surface area contributed by atoms with E-state index in [9.17, 15) is 0 Å². The van der Waals surface area contributed by atoms with Gasteiger partial charge in [-0.25, -0.2) is 0 Å². The molecule has 88 valence electrons. The Labute approximate surface area is 106 Å². The number of ether oxygens (including phenoxy) is 1. The van der Waals surface area contributed by atoms with Crippen molar-refractivity contribution < 1.29 is 4.74 Å². The summed E-state index contributed by atoms with van der Waals surface area (Å²) >= 11 is 3.46. The smallest absolute Gasteiger partial charge is 0.123 e. The van der Waals surface area contributed by atoms with Gasteiger partial charge in [-0.1, -0.05) is 28.1 Å². The van der Waals surface area contributed by atoms with E-state index in [-0.39, 0.29) is 0 Å². The molecular weight excluding hydrogens is 264 g/mol. The number of halogens is 1. The molecule has 0 radical (unpaired) electrons. The van der Waals surface area contributed by atoms with Gasteiger partial charge in [-0.05, 0) is 56.2 Å². The van der Waals surface area contributed by atoms with Crippen LogP contribution in [0, 0.1) is 0 Å². The van der Waals surface area contributed by atoms with E-state index in [0.717, 1.165) is 17.5 Å². The molecule has 1 unspecified atom stereocenters. The van der Waals surface area contributed by atoms with Gasteiger partial charge in [-0.3, -0.25) is 0 Å². The molecule has 1 aromatic rings. The highest BCUT2D eigenvalue weighted by molar-refractivity contribution is 9.09. The Morgan fingerprint density at radius 1 is 1.31 bits per heavy atom. The zero-order valence-corrected chi connectivity index (χ0v) is 11.4. The van der Waals surface area contributed by atoms with Crippen molar-refractivity contribution in [3.63, 3.8) is 0 Å². The van der Waals surface area contributed by atoms with Gasteiger partial charge < -0.3 is 4.74 Å². The fraction of sp³-hybridized carbons (Fsp3) is 0.571. The van der Waals surface area contributed by atoms with Gasteiger partial charge in [0.1, 0.15) is 5.75 Å². The topological polar surface area (TPSA) is 9.23 Å². The van der Waals surface area contributed by atoms with Crippen molar-refractivity contribution in [2.75, 3.05) is 5.33 Å². The fourth-order valence-electron chi connectivity index (χ4n) is 2.29. The summed E-state index contributed by atoms with van der Waals surface area (Å²) in [5.74, 6) is 1.12. The van der Waals surface area contributed by atoms with Crippen LogP contribution < -0.4 is 4.74 Å². The second kappa shape index (κ2) is 5.72. The molecule has 0 amide bonds. The van der Waals surface area contributed by atoms with Gasteiger partial charge >= 0.3 is 0 Å². The van der Waals surface area contributed by atoms with Crippen LogP contribution in [-0.2, 0) is 12.8 Å². The number of aryl methyl sites for hydroxylation is 1. The highest BCUT2D eigenvalue weighted by atomic mass is 79.9. The molecule has 0 spiro atoms. The summed E-state index contributed by atoms with van der Waals surface area (Å²) in [4.78, 5) is 0. The predicted octanol–water partition coefficient (Wildman–Crippen LogP) is 4.12. The first-order valence-electron chi connectivity index (χ1n) is 6.14. The molecule has 1 atom stereocenters. The minimum absolute atomic E-state index is 0.299. The van der Waals surface area contributed by atoms with Crippen LogP contribution in [0.4, 0.5) is 0 Å². The molecule has 2 rings (SSSR count). The summed E-state index contributed by atoms with van der Waals surface area (Å²) < 4.78 is 6.02. The molecular formula is C14H19BrO. The molecule has 1 aliphatic rings. The minimum atomic E-state index is 0.299. The molecule has 0 saturated carbocycles. The van der Waals surface area contributed by atoms with Crippen LogP contribution in [0.15, 0.2) is 18.2 Å². The second-order valence-corrected chi connectivity index (χ2v) is 5.30. The quantitative estimate of drug-likeness (QED) is 0.755. The van der Waals surface area contributed by atoms with Crippen molar-refractivity contribution in [1.29, 1.82) is 0 Å². The Kier molecular flexibility index (Phi) is 4.28. The van der Waals surface area contributed by atoms with Crippen molar-refractivity contribution in [3.05, 3.63) is 29.3 Å². The molecule has 0 saturated heterocycles. The van der Waals surface area contributed by atoms with Gasteiger partial charge in [-0.2, -0.15) is 0 Å². The van der Waals surface area contributed by atoms with Gasteiger partial charge in [0.25, 0.3) is 0 Å². The molecule has 0 N–H and O–H groups in total. The number of fused-ring (bicyclic) bond motifs is 1. The van der Waals surface area contributed by atoms with Crippen molar-refractivity contribution in [2.24, 2.45) is 0 Å². The van der Waals surface area contributed by atoms with Gasteiger partial charge in [-0.15, -0.1) is 0 Å². The largest absolute Gasteiger partial charge is 0.490 e. The normalized spacial score (nSPS) is 16.6. The van der Waals surface area contributed by atoms with Gasteiger partial charge in [0.2, 0.25) is 0 Å². The van der Waals surface area contributed by atoms with Crippen LogP contribution in [0.5, 0.6) is 5.75 Å². The first-order chi connectivity index (χ1) is 7.81. The molecule has 16 heavy (non-hydrogen) atoms. The maximum atomic E-state index is 6.02. The Morgan fingerprint density at radius 3 is 2.94 bits per heavy atom. The van der Waals surface area contributed by atoms with Crippen molar-refractivity contribution in [2.45, 2.75) is 45.1 Å². The van der Waals surface area contributed by atoms with E-state index in [4.69, 9.17) is 4.74 Å². The summed E-state index contributed by atoms with van der Waals surface area (Å²) in [5, 5.41) is 1.00. The Morgan fingerprint density at radius 2 is 2.12 bits per heavy atom. The third-order valence-corrected chi connectivity index (χ3v) is 3.65. The Hall–Kier alpha value is -0.500. The van der Waals surface area contributed by atoms with E-state index in [0.29, 0.717) is 6.10 Å². The number of alkyl halides is 1. The minimum Gasteiger partial charge on any atom is -0.490 e. The van der Waals surface area contributed by atoms with Crippen LogP contribution in [0.2, 0.25) is 0 Å². The molecule has 0 fully saturated rings. The van der Waals surface area contributed by atoms with E-state index >= 15 is 0 Å². The number of rotatable bonds is 4. The summed E-state index contributed by atoms with van der Waals surface area (Å²) in [6.45, 7) is 2.14. The highest BCUT2D eigenvalue weighted by Gasteiger charge is 2.15. The molecule has 0 heterocycles. The molecule has 0 aromatic heterocycles. The standard InChI is InChI=1S/C14H19BrO/c1-11(9-10-15)16-14-8-4-6-12-5-2-3-7-13(12)14/h4,6,8,11H,2-3,5,7,9-10H2,1H3. The average molecular weight is 283 g/mol. The van der Waals surface area contributed by atoms with Gasteiger partial charge in [0, 0.05) is 5.33 Å². The summed E-state index contributed by atoms with van der Waals surface area (Å²) in [6, 6.07) is 6.49. The Bertz CT molecular complexity index is 349. The monoisotopic (exact) mass is 282 g/mol. The average Bonchev–Trinajstić information content (AvgIpc) is 2.30. The molecule has 1 aliphatic carbocycles. The number of benzene rings is 1. The lowest BCUT2D eigenvalue weighted by molar-refractivity contribution is 0.216. The maximum absolute atomic E-state index is 6.02. The van der Waals surface area contributed by atoms with Gasteiger partial charge in [0.05, 0.1) is 6.10 Å². The second-order valence-electron chi connectivity index (χ2n) is 4.51. The van der Waals surface area contributed by atoms with Crippen LogP contribution >= 0.6 is 15.9 Å². The molecule has 2 heteroatoms. The van der Waals surface area contributed by atoms with E-state index in [1.54, 1.807) is 0 Å². The maximum Gasteiger partial charge on any atom is 0.123 e. The lowest BCUT2D eigenvalue weighted by Crippen LogP contribution is -2.15. The fourth-order valence-corrected chi connectivity index (χ4v) is 2.93. The lowest BCUT2D eigenvalue weighted by atomic mass is 9.91. The zero-order chi connectivity index (χ0) is 11.4. The summed E-state index contributed by atoms with van der Waals surface area (Å²) in [7, 11) is 0. The van der Waals surface area contributed by atoms with Crippen molar-refractivity contribution >= 4 is 15.9 Å². The third kappa shape index (κ3) is 2.79. The third-order valence-electron chi connectivity index (χ3n) is 3.20. The van der Waals surface area contributed by atoms with Crippen LogP contribution in [0.3, 0.4) is 0 Å². The first kappa shape index (κ1) is 12.0. The molecule has 1 nitrogen and oxygen atoms in total. The molecule has 0 aliphatic heterocycles. The summed E-state index contributed by atoms with van der Waals surface area (Å²) in [5.41, 5.74) is 2.95. The summed E-state index contributed by atoms with van der Waals surface area (Å²) in [6.07, 6.45) is 6.40. The zero-order valence-electron chi connectivity index (χ0n) is 9.84.